The molecule has 0 atom stereocenters. The van der Waals surface area contributed by atoms with Gasteiger partial charge in [0.25, 0.3) is 0 Å². The Bertz CT molecular complexity index is 852. The first-order chi connectivity index (χ1) is 11.6. The van der Waals surface area contributed by atoms with Gasteiger partial charge in [-0.05, 0) is 28.1 Å². The highest BCUT2D eigenvalue weighted by molar-refractivity contribution is 7.99. The van der Waals surface area contributed by atoms with Crippen molar-refractivity contribution in [2.75, 3.05) is 5.75 Å². The molecule has 0 saturated heterocycles. The summed E-state index contributed by atoms with van der Waals surface area (Å²) < 4.78 is 1.62. The zero-order valence-electron chi connectivity index (χ0n) is 12.5. The second-order valence-electron chi connectivity index (χ2n) is 5.02. The first-order valence-electron chi connectivity index (χ1n) is 7.11. The molecule has 122 valence electrons. The summed E-state index contributed by atoms with van der Waals surface area (Å²) in [6, 6.07) is 13.6. The maximum atomic E-state index is 12.2. The van der Waals surface area contributed by atoms with Crippen LogP contribution in [0.4, 0.5) is 0 Å². The Hall–Kier alpha value is -2.87. The molecule has 2 aromatic carbocycles. The molecule has 0 amide bonds. The van der Waals surface area contributed by atoms with Crippen LogP contribution in [0.25, 0.3) is 0 Å². The SMILES string of the molecule is O=C(CSc1nnnn1Cc1ccccc1)c1ccc(O)cc1O. The molecule has 0 spiro atoms. The number of aromatic hydroxyl groups is 2. The van der Waals surface area contributed by atoms with E-state index in [1.54, 1.807) is 4.68 Å². The highest BCUT2D eigenvalue weighted by Gasteiger charge is 2.15. The normalized spacial score (nSPS) is 10.7. The standard InChI is InChI=1S/C16H14N4O3S/c21-12-6-7-13(14(22)8-12)15(23)10-24-16-17-18-19-20(16)9-11-4-2-1-3-5-11/h1-8,21-22H,9-10H2. The molecule has 0 aliphatic rings. The van der Waals surface area contributed by atoms with Crippen LogP contribution < -0.4 is 0 Å². The van der Waals surface area contributed by atoms with Gasteiger partial charge in [-0.15, -0.1) is 5.10 Å². The summed E-state index contributed by atoms with van der Waals surface area (Å²) in [5, 5.41) is 31.0. The predicted molar refractivity (Wildman–Crippen MR) is 88.2 cm³/mol. The molecule has 7 nitrogen and oxygen atoms in total. The summed E-state index contributed by atoms with van der Waals surface area (Å²) in [4.78, 5) is 12.2. The fourth-order valence-electron chi connectivity index (χ4n) is 2.12. The number of rotatable bonds is 6. The number of aromatic nitrogens is 4. The minimum Gasteiger partial charge on any atom is -0.508 e. The summed E-state index contributed by atoms with van der Waals surface area (Å²) in [7, 11) is 0. The number of phenols is 2. The molecule has 24 heavy (non-hydrogen) atoms. The van der Waals surface area contributed by atoms with Gasteiger partial charge in [0.05, 0.1) is 17.9 Å². The van der Waals surface area contributed by atoms with E-state index in [2.05, 4.69) is 15.5 Å². The van der Waals surface area contributed by atoms with E-state index in [1.165, 1.54) is 23.9 Å². The van der Waals surface area contributed by atoms with Crippen LogP contribution in [-0.2, 0) is 6.54 Å². The number of thioether (sulfide) groups is 1. The van der Waals surface area contributed by atoms with Crippen LogP contribution in [-0.4, -0.2) is 42.0 Å². The zero-order valence-corrected chi connectivity index (χ0v) is 13.3. The van der Waals surface area contributed by atoms with Gasteiger partial charge in [-0.1, -0.05) is 42.1 Å². The van der Waals surface area contributed by atoms with E-state index in [4.69, 9.17) is 0 Å². The predicted octanol–water partition coefficient (Wildman–Crippen LogP) is 2.11. The molecular weight excluding hydrogens is 328 g/mol. The monoisotopic (exact) mass is 342 g/mol. The summed E-state index contributed by atoms with van der Waals surface area (Å²) in [5.41, 5.74) is 1.21. The lowest BCUT2D eigenvalue weighted by Crippen LogP contribution is -2.07. The topological polar surface area (TPSA) is 101 Å². The third kappa shape index (κ3) is 3.72. The van der Waals surface area contributed by atoms with Crippen molar-refractivity contribution in [3.63, 3.8) is 0 Å². The van der Waals surface area contributed by atoms with Crippen LogP contribution in [0.1, 0.15) is 15.9 Å². The van der Waals surface area contributed by atoms with Crippen molar-refractivity contribution in [1.82, 2.24) is 20.2 Å². The molecule has 0 aliphatic carbocycles. The van der Waals surface area contributed by atoms with Crippen molar-refractivity contribution in [1.29, 1.82) is 0 Å². The van der Waals surface area contributed by atoms with Gasteiger partial charge < -0.3 is 10.2 Å². The summed E-state index contributed by atoms with van der Waals surface area (Å²) in [5.74, 6) is -0.534. The highest BCUT2D eigenvalue weighted by atomic mass is 32.2. The number of ketones is 1. The summed E-state index contributed by atoms with van der Waals surface area (Å²) in [6.45, 7) is 0.509. The number of nitrogens with zero attached hydrogens (tertiary/aromatic N) is 4. The van der Waals surface area contributed by atoms with E-state index in [0.29, 0.717) is 11.7 Å². The van der Waals surface area contributed by atoms with Gasteiger partial charge in [0.1, 0.15) is 11.5 Å². The number of hydrogen-bond donors (Lipinski definition) is 2. The zero-order chi connectivity index (χ0) is 16.9. The number of carbonyl (C=O) groups excluding carboxylic acids is 1. The van der Waals surface area contributed by atoms with Crippen molar-refractivity contribution in [2.45, 2.75) is 11.7 Å². The smallest absolute Gasteiger partial charge is 0.210 e. The van der Waals surface area contributed by atoms with E-state index < -0.39 is 0 Å². The molecular formula is C16H14N4O3S. The minimum absolute atomic E-state index is 0.0769. The van der Waals surface area contributed by atoms with E-state index in [0.717, 1.165) is 11.6 Å². The van der Waals surface area contributed by atoms with Crippen LogP contribution in [0.15, 0.2) is 53.7 Å². The second-order valence-corrected chi connectivity index (χ2v) is 5.96. The van der Waals surface area contributed by atoms with Gasteiger partial charge in [-0.3, -0.25) is 4.79 Å². The van der Waals surface area contributed by atoms with Crippen LogP contribution in [0.2, 0.25) is 0 Å². The van der Waals surface area contributed by atoms with Crippen LogP contribution >= 0.6 is 11.8 Å². The van der Waals surface area contributed by atoms with Crippen molar-refractivity contribution in [3.8, 4) is 11.5 Å². The first kappa shape index (κ1) is 16.0. The number of benzene rings is 2. The van der Waals surface area contributed by atoms with Gasteiger partial charge in [-0.25, -0.2) is 4.68 Å². The molecule has 0 radical (unpaired) electrons. The average Bonchev–Trinajstić information content (AvgIpc) is 3.00. The maximum Gasteiger partial charge on any atom is 0.210 e. The number of hydrogen-bond acceptors (Lipinski definition) is 7. The summed E-state index contributed by atoms with van der Waals surface area (Å²) >= 11 is 1.19. The molecule has 2 N–H and O–H groups in total. The number of Topliss-reactive ketones (excluding diaryl/α,β-unsaturated/α-hetero) is 1. The Morgan fingerprint density at radius 1 is 1.12 bits per heavy atom. The van der Waals surface area contributed by atoms with Gasteiger partial charge in [-0.2, -0.15) is 0 Å². The fraction of sp³-hybridized carbons (Fsp3) is 0.125. The molecule has 3 rings (SSSR count). The number of phenolic OH excluding ortho intramolecular Hbond substituents is 2. The molecule has 8 heteroatoms. The quantitative estimate of drug-likeness (QED) is 0.522. The van der Waals surface area contributed by atoms with Crippen molar-refractivity contribution in [2.24, 2.45) is 0 Å². The Balaban J connectivity index is 1.67. The molecule has 0 unspecified atom stereocenters. The van der Waals surface area contributed by atoms with Crippen molar-refractivity contribution in [3.05, 3.63) is 59.7 Å². The Labute approximate surface area is 141 Å². The third-order valence-corrected chi connectivity index (χ3v) is 4.25. The lowest BCUT2D eigenvalue weighted by molar-refractivity contribution is 0.102. The summed E-state index contributed by atoms with van der Waals surface area (Å²) in [6.07, 6.45) is 0. The highest BCUT2D eigenvalue weighted by Crippen LogP contribution is 2.25. The average molecular weight is 342 g/mol. The number of carbonyl (C=O) groups is 1. The lowest BCUT2D eigenvalue weighted by atomic mass is 10.1. The van der Waals surface area contributed by atoms with Crippen LogP contribution in [0.3, 0.4) is 0 Å². The van der Waals surface area contributed by atoms with Crippen LogP contribution in [0, 0.1) is 0 Å². The third-order valence-electron chi connectivity index (χ3n) is 3.29. The largest absolute Gasteiger partial charge is 0.508 e. The van der Waals surface area contributed by atoms with E-state index in [-0.39, 0.29) is 28.6 Å². The first-order valence-corrected chi connectivity index (χ1v) is 8.10. The Kier molecular flexibility index (Phi) is 4.76. The second kappa shape index (κ2) is 7.14. The fourth-order valence-corrected chi connectivity index (χ4v) is 2.88. The van der Waals surface area contributed by atoms with Crippen molar-refractivity contribution < 1.29 is 15.0 Å². The van der Waals surface area contributed by atoms with E-state index >= 15 is 0 Å². The molecule has 0 aliphatic heterocycles. The van der Waals surface area contributed by atoms with Gasteiger partial charge in [0, 0.05) is 6.07 Å². The Morgan fingerprint density at radius 3 is 2.67 bits per heavy atom. The van der Waals surface area contributed by atoms with Gasteiger partial charge >= 0.3 is 0 Å². The molecule has 0 bridgehead atoms. The van der Waals surface area contributed by atoms with Gasteiger partial charge in [0.15, 0.2) is 5.78 Å². The molecule has 1 aromatic heterocycles. The maximum absolute atomic E-state index is 12.2. The van der Waals surface area contributed by atoms with Crippen LogP contribution in [0.5, 0.6) is 11.5 Å². The molecule has 1 heterocycles. The lowest BCUT2D eigenvalue weighted by Gasteiger charge is -2.05. The molecule has 3 aromatic rings. The van der Waals surface area contributed by atoms with E-state index in [9.17, 15) is 15.0 Å². The van der Waals surface area contributed by atoms with Gasteiger partial charge in [0.2, 0.25) is 5.16 Å². The van der Waals surface area contributed by atoms with Crippen molar-refractivity contribution >= 4 is 17.5 Å². The molecule has 0 fully saturated rings. The Morgan fingerprint density at radius 2 is 1.92 bits per heavy atom. The van der Waals surface area contributed by atoms with E-state index in [1.807, 2.05) is 30.3 Å². The minimum atomic E-state index is -0.272. The number of tetrazole rings is 1. The molecule has 0 saturated carbocycles.